The number of methoxy groups -OCH3 is 1. The van der Waals surface area contributed by atoms with Crippen LogP contribution in [0.1, 0.15) is 84.8 Å². The lowest BCUT2D eigenvalue weighted by Crippen LogP contribution is -2.53. The van der Waals surface area contributed by atoms with E-state index < -0.39 is 59.6 Å². The first-order valence-corrected chi connectivity index (χ1v) is 19.7. The fourth-order valence-corrected chi connectivity index (χ4v) is 6.29. The highest BCUT2D eigenvalue weighted by molar-refractivity contribution is 6.01. The highest BCUT2D eigenvalue weighted by Crippen LogP contribution is 2.23. The molecule has 0 aromatic heterocycles. The minimum absolute atomic E-state index is 0.111. The SMILES string of the molecule is COC(=O)[C@H](CCCNC(=O)OCc1ccccc1)NC(=O)[C@H](C)C(=O)N[C@@H]1CCCN1C(=O)[C@H](/C=C/[C@H](CC(C)C)NC(=O)OC(C)(C)C)Cc1ccccc1. The number of rotatable bonds is 19. The second-order valence-electron chi connectivity index (χ2n) is 15.7. The fourth-order valence-electron chi connectivity index (χ4n) is 6.29. The maximum Gasteiger partial charge on any atom is 0.408 e. The molecule has 4 N–H and O–H groups in total. The Morgan fingerprint density at radius 3 is 2.12 bits per heavy atom. The Labute approximate surface area is 336 Å². The highest BCUT2D eigenvalue weighted by Gasteiger charge is 2.36. The van der Waals surface area contributed by atoms with Gasteiger partial charge in [0.2, 0.25) is 17.7 Å². The van der Waals surface area contributed by atoms with E-state index in [1.54, 1.807) is 25.7 Å². The van der Waals surface area contributed by atoms with Gasteiger partial charge in [0.25, 0.3) is 0 Å². The van der Waals surface area contributed by atoms with Crippen molar-refractivity contribution in [1.82, 2.24) is 26.2 Å². The summed E-state index contributed by atoms with van der Waals surface area (Å²) in [6.07, 6.45) is 4.47. The number of ether oxygens (including phenoxy) is 3. The average Bonchev–Trinajstić information content (AvgIpc) is 3.63. The molecule has 14 nitrogen and oxygen atoms in total. The number of esters is 1. The second-order valence-corrected chi connectivity index (χ2v) is 15.7. The third-order valence-electron chi connectivity index (χ3n) is 9.20. The molecule has 0 saturated carbocycles. The molecule has 312 valence electrons. The fraction of sp³-hybridized carbons (Fsp3) is 0.535. The third-order valence-corrected chi connectivity index (χ3v) is 9.20. The number of benzene rings is 2. The first-order valence-electron chi connectivity index (χ1n) is 19.7. The second kappa shape index (κ2) is 23.0. The number of nitrogens with one attached hydrogen (secondary N) is 4. The van der Waals surface area contributed by atoms with Crippen LogP contribution < -0.4 is 21.3 Å². The lowest BCUT2D eigenvalue weighted by Gasteiger charge is -2.30. The summed E-state index contributed by atoms with van der Waals surface area (Å²) in [6.45, 7) is 11.6. The van der Waals surface area contributed by atoms with Gasteiger partial charge in [-0.2, -0.15) is 0 Å². The predicted octanol–water partition coefficient (Wildman–Crippen LogP) is 5.41. The van der Waals surface area contributed by atoms with Gasteiger partial charge < -0.3 is 40.4 Å². The van der Waals surface area contributed by atoms with Crippen LogP contribution in [0.5, 0.6) is 0 Å². The molecule has 3 rings (SSSR count). The Hall–Kier alpha value is -5.40. The van der Waals surface area contributed by atoms with E-state index >= 15 is 0 Å². The van der Waals surface area contributed by atoms with Gasteiger partial charge in [-0.25, -0.2) is 14.4 Å². The van der Waals surface area contributed by atoms with Gasteiger partial charge in [-0.15, -0.1) is 0 Å². The van der Waals surface area contributed by atoms with Crippen LogP contribution in [0.4, 0.5) is 9.59 Å². The van der Waals surface area contributed by atoms with Crippen molar-refractivity contribution in [2.24, 2.45) is 17.8 Å². The largest absolute Gasteiger partial charge is 0.467 e. The molecule has 1 heterocycles. The zero-order chi connectivity index (χ0) is 42.0. The Kier molecular flexibility index (Phi) is 18.5. The maximum atomic E-state index is 14.3. The van der Waals surface area contributed by atoms with Crippen LogP contribution in [0, 0.1) is 17.8 Å². The predicted molar refractivity (Wildman–Crippen MR) is 215 cm³/mol. The summed E-state index contributed by atoms with van der Waals surface area (Å²) in [5, 5.41) is 11.0. The highest BCUT2D eigenvalue weighted by atomic mass is 16.6. The summed E-state index contributed by atoms with van der Waals surface area (Å²) >= 11 is 0. The Morgan fingerprint density at radius 2 is 1.51 bits per heavy atom. The van der Waals surface area contributed by atoms with Crippen LogP contribution in [-0.4, -0.2) is 84.8 Å². The number of amides is 5. The van der Waals surface area contributed by atoms with Crippen molar-refractivity contribution in [3.8, 4) is 0 Å². The number of hydrogen-bond donors (Lipinski definition) is 4. The number of carbonyl (C=O) groups is 6. The molecule has 5 amide bonds. The van der Waals surface area contributed by atoms with Crippen molar-refractivity contribution < 1.29 is 43.0 Å². The van der Waals surface area contributed by atoms with Crippen LogP contribution in [0.15, 0.2) is 72.8 Å². The molecule has 1 saturated heterocycles. The minimum atomic E-state index is -1.20. The van der Waals surface area contributed by atoms with Crippen molar-refractivity contribution in [1.29, 1.82) is 0 Å². The molecule has 1 aliphatic rings. The number of carbonyl (C=O) groups excluding carboxylic acids is 6. The van der Waals surface area contributed by atoms with Gasteiger partial charge in [-0.1, -0.05) is 86.7 Å². The van der Waals surface area contributed by atoms with Crippen molar-refractivity contribution in [2.45, 2.75) is 111 Å². The molecule has 1 aliphatic heterocycles. The van der Waals surface area contributed by atoms with Crippen molar-refractivity contribution in [3.63, 3.8) is 0 Å². The molecule has 5 atom stereocenters. The first kappa shape index (κ1) is 46.0. The normalized spacial score (nSPS) is 16.2. The molecule has 0 spiro atoms. The van der Waals surface area contributed by atoms with Gasteiger partial charge in [-0.3, -0.25) is 14.4 Å². The average molecular weight is 792 g/mol. The lowest BCUT2D eigenvalue weighted by molar-refractivity contribution is -0.147. The zero-order valence-corrected chi connectivity index (χ0v) is 34.4. The zero-order valence-electron chi connectivity index (χ0n) is 34.4. The van der Waals surface area contributed by atoms with Gasteiger partial charge in [-0.05, 0) is 83.3 Å². The van der Waals surface area contributed by atoms with Crippen LogP contribution >= 0.6 is 0 Å². The van der Waals surface area contributed by atoms with Crippen LogP contribution in [0.25, 0.3) is 0 Å². The van der Waals surface area contributed by atoms with E-state index in [9.17, 15) is 28.8 Å². The minimum Gasteiger partial charge on any atom is -0.467 e. The monoisotopic (exact) mass is 791 g/mol. The number of hydrogen-bond acceptors (Lipinski definition) is 9. The summed E-state index contributed by atoms with van der Waals surface area (Å²) in [5.41, 5.74) is 1.12. The molecule has 0 unspecified atom stereocenters. The van der Waals surface area contributed by atoms with E-state index in [2.05, 4.69) is 21.3 Å². The molecule has 57 heavy (non-hydrogen) atoms. The molecule has 0 aliphatic carbocycles. The molecular formula is C43H61N5O9. The van der Waals surface area contributed by atoms with Crippen LogP contribution in [0.2, 0.25) is 0 Å². The maximum absolute atomic E-state index is 14.3. The Morgan fingerprint density at radius 1 is 0.860 bits per heavy atom. The summed E-state index contributed by atoms with van der Waals surface area (Å²) in [6, 6.07) is 17.4. The number of alkyl carbamates (subject to hydrolysis) is 2. The van der Waals surface area contributed by atoms with E-state index in [0.29, 0.717) is 38.6 Å². The summed E-state index contributed by atoms with van der Waals surface area (Å²) in [4.78, 5) is 79.9. The van der Waals surface area contributed by atoms with Crippen LogP contribution in [-0.2, 0) is 46.4 Å². The molecule has 2 aromatic rings. The molecule has 14 heteroatoms. The molecular weight excluding hydrogens is 730 g/mol. The summed E-state index contributed by atoms with van der Waals surface area (Å²) in [5.74, 6) is -3.73. The smallest absolute Gasteiger partial charge is 0.408 e. The van der Waals surface area contributed by atoms with E-state index in [1.165, 1.54) is 14.0 Å². The quantitative estimate of drug-likeness (QED) is 0.0476. The first-order chi connectivity index (χ1) is 27.1. The van der Waals surface area contributed by atoms with Crippen molar-refractivity contribution in [2.75, 3.05) is 20.2 Å². The van der Waals surface area contributed by atoms with Gasteiger partial charge in [0.1, 0.15) is 30.3 Å². The lowest BCUT2D eigenvalue weighted by atomic mass is 9.95. The standard InChI is InChI=1S/C43H61N5O9/c1-29(2)26-34(45-42(54)57-43(4,5)6)23-22-33(27-31-16-10-8-11-17-31)39(51)48-25-15-21-36(48)47-38(50)30(3)37(49)46-35(40(52)55-7)20-14-24-44-41(53)56-28-32-18-12-9-13-19-32/h8-13,16-19,22-23,29-30,33-36H,14-15,20-21,24-28H2,1-7H3,(H,44,53)(H,45,54)(H,46,49)(H,47,50)/b23-22+/t30-,33+,34+,35-,36-/m0/s1. The van der Waals surface area contributed by atoms with E-state index in [4.69, 9.17) is 14.2 Å². The van der Waals surface area contributed by atoms with E-state index in [0.717, 1.165) is 11.1 Å². The third kappa shape index (κ3) is 16.7. The van der Waals surface area contributed by atoms with Gasteiger partial charge in [0, 0.05) is 13.1 Å². The summed E-state index contributed by atoms with van der Waals surface area (Å²) < 4.78 is 15.6. The van der Waals surface area contributed by atoms with Gasteiger partial charge >= 0.3 is 18.2 Å². The van der Waals surface area contributed by atoms with Crippen molar-refractivity contribution >= 4 is 35.9 Å². The number of nitrogens with zero attached hydrogens (tertiary/aromatic N) is 1. The summed E-state index contributed by atoms with van der Waals surface area (Å²) in [7, 11) is 1.20. The van der Waals surface area contributed by atoms with E-state index in [1.807, 2.05) is 86.7 Å². The van der Waals surface area contributed by atoms with Crippen molar-refractivity contribution in [3.05, 3.63) is 83.9 Å². The Balaban J connectivity index is 1.63. The molecule has 1 fully saturated rings. The molecule has 0 radical (unpaired) electrons. The topological polar surface area (TPSA) is 181 Å². The van der Waals surface area contributed by atoms with Crippen LogP contribution in [0.3, 0.4) is 0 Å². The van der Waals surface area contributed by atoms with Gasteiger partial charge in [0.15, 0.2) is 0 Å². The molecule has 2 aromatic carbocycles. The molecule has 0 bridgehead atoms. The number of likely N-dealkylation sites (tertiary alicyclic amines) is 1. The van der Waals surface area contributed by atoms with E-state index in [-0.39, 0.29) is 37.4 Å². The Bertz CT molecular complexity index is 1640. The van der Waals surface area contributed by atoms with Gasteiger partial charge in [0.05, 0.1) is 19.1 Å².